The fourth-order valence-electron chi connectivity index (χ4n) is 2.55. The van der Waals surface area contributed by atoms with Gasteiger partial charge in [0.2, 0.25) is 0 Å². The molecule has 16 heavy (non-hydrogen) atoms. The quantitative estimate of drug-likeness (QED) is 0.774. The van der Waals surface area contributed by atoms with E-state index in [1.807, 2.05) is 12.1 Å². The Bertz CT molecular complexity index is 389. The number of benzene rings is 1. The third-order valence-electron chi connectivity index (χ3n) is 3.38. The van der Waals surface area contributed by atoms with Crippen LogP contribution in [0.4, 0.5) is 0 Å². The SMILES string of the molecule is Cl.Clc1ccc2c(c1)OC1(CCNCC1)C2. The van der Waals surface area contributed by atoms with E-state index in [0.717, 1.165) is 43.1 Å². The van der Waals surface area contributed by atoms with Gasteiger partial charge in [-0.2, -0.15) is 0 Å². The first kappa shape index (κ1) is 12.0. The van der Waals surface area contributed by atoms with E-state index in [0.29, 0.717) is 0 Å². The molecule has 2 heterocycles. The molecule has 2 aliphatic heterocycles. The molecule has 1 saturated heterocycles. The first-order valence-corrected chi connectivity index (χ1v) is 5.83. The Labute approximate surface area is 107 Å². The van der Waals surface area contributed by atoms with Crippen LogP contribution >= 0.6 is 24.0 Å². The van der Waals surface area contributed by atoms with Crippen molar-refractivity contribution < 1.29 is 4.74 Å². The van der Waals surface area contributed by atoms with E-state index in [1.54, 1.807) is 0 Å². The zero-order valence-corrected chi connectivity index (χ0v) is 10.5. The van der Waals surface area contributed by atoms with Crippen LogP contribution in [0.1, 0.15) is 18.4 Å². The van der Waals surface area contributed by atoms with Crippen molar-refractivity contribution in [3.05, 3.63) is 28.8 Å². The van der Waals surface area contributed by atoms with Gasteiger partial charge in [0.05, 0.1) is 0 Å². The Hall–Kier alpha value is -0.440. The summed E-state index contributed by atoms with van der Waals surface area (Å²) in [6, 6.07) is 5.98. The summed E-state index contributed by atoms with van der Waals surface area (Å²) < 4.78 is 6.09. The normalized spacial score (nSPS) is 21.1. The highest BCUT2D eigenvalue weighted by molar-refractivity contribution is 6.30. The zero-order chi connectivity index (χ0) is 10.3. The van der Waals surface area contributed by atoms with E-state index in [-0.39, 0.29) is 18.0 Å². The maximum atomic E-state index is 6.09. The predicted octanol–water partition coefficient (Wildman–Crippen LogP) is 2.82. The highest BCUT2D eigenvalue weighted by atomic mass is 35.5. The molecule has 1 aromatic rings. The van der Waals surface area contributed by atoms with Crippen molar-refractivity contribution in [3.8, 4) is 5.75 Å². The van der Waals surface area contributed by atoms with Crippen LogP contribution in [0.5, 0.6) is 5.75 Å². The number of ether oxygens (including phenoxy) is 1. The van der Waals surface area contributed by atoms with Crippen molar-refractivity contribution in [3.63, 3.8) is 0 Å². The molecule has 3 rings (SSSR count). The molecular weight excluding hydrogens is 245 g/mol. The van der Waals surface area contributed by atoms with Crippen LogP contribution in [-0.4, -0.2) is 18.7 Å². The van der Waals surface area contributed by atoms with E-state index in [4.69, 9.17) is 16.3 Å². The van der Waals surface area contributed by atoms with Crippen molar-refractivity contribution in [2.45, 2.75) is 24.9 Å². The van der Waals surface area contributed by atoms with Gasteiger partial charge in [0, 0.05) is 11.4 Å². The lowest BCUT2D eigenvalue weighted by Gasteiger charge is -2.33. The molecule has 4 heteroatoms. The maximum absolute atomic E-state index is 6.09. The summed E-state index contributed by atoms with van der Waals surface area (Å²) in [4.78, 5) is 0. The Morgan fingerprint density at radius 1 is 1.25 bits per heavy atom. The first-order chi connectivity index (χ1) is 7.27. The van der Waals surface area contributed by atoms with Gasteiger partial charge in [-0.15, -0.1) is 12.4 Å². The number of hydrogen-bond acceptors (Lipinski definition) is 2. The van der Waals surface area contributed by atoms with Gasteiger partial charge in [-0.3, -0.25) is 0 Å². The van der Waals surface area contributed by atoms with Gasteiger partial charge in [0.1, 0.15) is 11.4 Å². The fourth-order valence-corrected chi connectivity index (χ4v) is 2.71. The molecule has 0 saturated carbocycles. The summed E-state index contributed by atoms with van der Waals surface area (Å²) >= 11 is 5.96. The Morgan fingerprint density at radius 2 is 2.00 bits per heavy atom. The van der Waals surface area contributed by atoms with Gasteiger partial charge in [-0.05, 0) is 43.6 Å². The lowest BCUT2D eigenvalue weighted by atomic mass is 9.88. The molecule has 2 aliphatic rings. The highest BCUT2D eigenvalue weighted by Gasteiger charge is 2.40. The van der Waals surface area contributed by atoms with E-state index >= 15 is 0 Å². The van der Waals surface area contributed by atoms with Crippen molar-refractivity contribution >= 4 is 24.0 Å². The zero-order valence-electron chi connectivity index (χ0n) is 8.96. The molecule has 0 atom stereocenters. The van der Waals surface area contributed by atoms with Gasteiger partial charge >= 0.3 is 0 Å². The van der Waals surface area contributed by atoms with E-state index in [9.17, 15) is 0 Å². The Kier molecular flexibility index (Phi) is 3.34. The third kappa shape index (κ3) is 2.02. The van der Waals surface area contributed by atoms with Crippen molar-refractivity contribution in [1.29, 1.82) is 0 Å². The maximum Gasteiger partial charge on any atom is 0.124 e. The molecule has 2 nitrogen and oxygen atoms in total. The third-order valence-corrected chi connectivity index (χ3v) is 3.62. The van der Waals surface area contributed by atoms with Gasteiger partial charge < -0.3 is 10.1 Å². The van der Waals surface area contributed by atoms with E-state index in [1.165, 1.54) is 5.56 Å². The Morgan fingerprint density at radius 3 is 2.75 bits per heavy atom. The minimum Gasteiger partial charge on any atom is -0.486 e. The molecule has 0 aromatic heterocycles. The minimum absolute atomic E-state index is 0. The largest absolute Gasteiger partial charge is 0.486 e. The number of halogens is 2. The monoisotopic (exact) mass is 259 g/mol. The van der Waals surface area contributed by atoms with Gasteiger partial charge in [0.25, 0.3) is 0 Å². The number of rotatable bonds is 0. The number of nitrogens with one attached hydrogen (secondary N) is 1. The smallest absolute Gasteiger partial charge is 0.124 e. The summed E-state index contributed by atoms with van der Waals surface area (Å²) in [5, 5.41) is 4.13. The second kappa shape index (κ2) is 4.44. The topological polar surface area (TPSA) is 21.3 Å². The van der Waals surface area contributed by atoms with Crippen molar-refractivity contribution in [2.75, 3.05) is 13.1 Å². The Balaban J connectivity index is 0.000000963. The second-order valence-electron chi connectivity index (χ2n) is 4.46. The predicted molar refractivity (Wildman–Crippen MR) is 67.9 cm³/mol. The van der Waals surface area contributed by atoms with Crippen LogP contribution in [0.25, 0.3) is 0 Å². The number of fused-ring (bicyclic) bond motifs is 1. The summed E-state index contributed by atoms with van der Waals surface area (Å²) in [7, 11) is 0. The van der Waals surface area contributed by atoms with Crippen LogP contribution in [0.15, 0.2) is 18.2 Å². The lowest BCUT2D eigenvalue weighted by Crippen LogP contribution is -2.45. The molecule has 0 bridgehead atoms. The number of piperidine rings is 1. The minimum atomic E-state index is 0. The van der Waals surface area contributed by atoms with Crippen LogP contribution in [0.2, 0.25) is 5.02 Å². The summed E-state index contributed by atoms with van der Waals surface area (Å²) in [5.74, 6) is 0.990. The van der Waals surface area contributed by atoms with Crippen LogP contribution in [0.3, 0.4) is 0 Å². The van der Waals surface area contributed by atoms with Gasteiger partial charge in [-0.25, -0.2) is 0 Å². The van der Waals surface area contributed by atoms with E-state index in [2.05, 4.69) is 11.4 Å². The lowest BCUT2D eigenvalue weighted by molar-refractivity contribution is 0.0600. The summed E-state index contributed by atoms with van der Waals surface area (Å²) in [5.41, 5.74) is 1.36. The number of hydrogen-bond donors (Lipinski definition) is 1. The standard InChI is InChI=1S/C12H14ClNO.ClH/c13-10-2-1-9-8-12(15-11(9)7-10)3-5-14-6-4-12;/h1-2,7,14H,3-6,8H2;1H. The second-order valence-corrected chi connectivity index (χ2v) is 4.90. The van der Waals surface area contributed by atoms with Gasteiger partial charge in [0.15, 0.2) is 0 Å². The molecule has 1 N–H and O–H groups in total. The highest BCUT2D eigenvalue weighted by Crippen LogP contribution is 2.40. The van der Waals surface area contributed by atoms with Crippen LogP contribution in [0, 0.1) is 0 Å². The molecule has 0 unspecified atom stereocenters. The molecule has 88 valence electrons. The van der Waals surface area contributed by atoms with Crippen LogP contribution < -0.4 is 10.1 Å². The van der Waals surface area contributed by atoms with Gasteiger partial charge in [-0.1, -0.05) is 17.7 Å². The fraction of sp³-hybridized carbons (Fsp3) is 0.500. The summed E-state index contributed by atoms with van der Waals surface area (Å²) in [6.07, 6.45) is 3.24. The first-order valence-electron chi connectivity index (χ1n) is 5.46. The molecule has 1 spiro atoms. The van der Waals surface area contributed by atoms with Crippen molar-refractivity contribution in [2.24, 2.45) is 0 Å². The molecule has 1 fully saturated rings. The molecule has 0 radical (unpaired) electrons. The summed E-state index contributed by atoms with van der Waals surface area (Å²) in [6.45, 7) is 2.11. The van der Waals surface area contributed by atoms with Crippen molar-refractivity contribution in [1.82, 2.24) is 5.32 Å². The average Bonchev–Trinajstić information content (AvgIpc) is 2.56. The van der Waals surface area contributed by atoms with Crippen LogP contribution in [-0.2, 0) is 6.42 Å². The average molecular weight is 260 g/mol. The molecule has 0 aliphatic carbocycles. The molecular formula is C12H15Cl2NO. The van der Waals surface area contributed by atoms with E-state index < -0.39 is 0 Å². The molecule has 0 amide bonds. The molecule has 1 aromatic carbocycles.